The Morgan fingerprint density at radius 2 is 2.05 bits per heavy atom. The number of para-hydroxylation sites is 1. The van der Waals surface area contributed by atoms with E-state index in [4.69, 9.17) is 4.42 Å². The Morgan fingerprint density at radius 1 is 1.23 bits per heavy atom. The van der Waals surface area contributed by atoms with E-state index in [2.05, 4.69) is 10.5 Å². The lowest BCUT2D eigenvalue weighted by molar-refractivity contribution is 0.0929. The molecule has 0 unspecified atom stereocenters. The predicted molar refractivity (Wildman–Crippen MR) is 92.1 cm³/mol. The Kier molecular flexibility index (Phi) is 4.10. The molecule has 1 aromatic heterocycles. The Bertz CT molecular complexity index is 838. The van der Waals surface area contributed by atoms with E-state index in [1.54, 1.807) is 30.3 Å². The fraction of sp³-hybridized carbons (Fsp3) is 0. The van der Waals surface area contributed by atoms with Crippen LogP contribution in [0.5, 0.6) is 5.75 Å². The SMILES string of the molecule is O=C(N/N=C\c1ccc(O)c(I)c1)c1cc2ccccc2o1. The zero-order valence-electron chi connectivity index (χ0n) is 11.3. The first-order valence-electron chi connectivity index (χ1n) is 6.44. The van der Waals surface area contributed by atoms with E-state index in [0.717, 1.165) is 10.9 Å². The van der Waals surface area contributed by atoms with Crippen molar-refractivity contribution in [1.29, 1.82) is 0 Å². The number of nitrogens with one attached hydrogen (secondary N) is 1. The summed E-state index contributed by atoms with van der Waals surface area (Å²) in [6.45, 7) is 0. The molecule has 3 rings (SSSR count). The van der Waals surface area contributed by atoms with Crippen molar-refractivity contribution in [2.45, 2.75) is 0 Å². The molecule has 0 spiro atoms. The largest absolute Gasteiger partial charge is 0.507 e. The number of rotatable bonds is 3. The molecule has 0 radical (unpaired) electrons. The molecule has 6 heteroatoms. The summed E-state index contributed by atoms with van der Waals surface area (Å²) < 4.78 is 6.16. The lowest BCUT2D eigenvalue weighted by Gasteiger charge is -1.98. The number of carbonyl (C=O) groups is 1. The van der Waals surface area contributed by atoms with Gasteiger partial charge in [0.1, 0.15) is 11.3 Å². The van der Waals surface area contributed by atoms with E-state index in [1.807, 2.05) is 40.8 Å². The van der Waals surface area contributed by atoms with Crippen LogP contribution in [-0.2, 0) is 0 Å². The van der Waals surface area contributed by atoms with Crippen molar-refractivity contribution >= 4 is 45.7 Å². The third kappa shape index (κ3) is 3.11. The second-order valence-corrected chi connectivity index (χ2v) is 5.72. The Hall–Kier alpha value is -2.35. The summed E-state index contributed by atoms with van der Waals surface area (Å²) in [5.74, 6) is 0.00335. The van der Waals surface area contributed by atoms with E-state index in [1.165, 1.54) is 6.21 Å². The Morgan fingerprint density at radius 3 is 2.82 bits per heavy atom. The second kappa shape index (κ2) is 6.18. The van der Waals surface area contributed by atoms with Gasteiger partial charge in [-0.2, -0.15) is 5.10 Å². The lowest BCUT2D eigenvalue weighted by Crippen LogP contribution is -2.16. The van der Waals surface area contributed by atoms with Gasteiger partial charge in [-0.25, -0.2) is 5.43 Å². The van der Waals surface area contributed by atoms with Crippen LogP contribution in [0.4, 0.5) is 0 Å². The zero-order chi connectivity index (χ0) is 15.5. The van der Waals surface area contributed by atoms with Crippen molar-refractivity contribution in [3.05, 3.63) is 63.4 Å². The van der Waals surface area contributed by atoms with Crippen LogP contribution in [0.3, 0.4) is 0 Å². The highest BCUT2D eigenvalue weighted by Crippen LogP contribution is 2.20. The molecule has 110 valence electrons. The first kappa shape index (κ1) is 14.6. The van der Waals surface area contributed by atoms with Crippen LogP contribution in [0.15, 0.2) is 58.0 Å². The summed E-state index contributed by atoms with van der Waals surface area (Å²) in [6, 6.07) is 14.1. The number of carbonyl (C=O) groups excluding carboxylic acids is 1. The summed E-state index contributed by atoms with van der Waals surface area (Å²) in [5, 5.41) is 14.2. The number of fused-ring (bicyclic) bond motifs is 1. The number of phenols is 1. The topological polar surface area (TPSA) is 74.8 Å². The van der Waals surface area contributed by atoms with E-state index in [9.17, 15) is 9.90 Å². The number of nitrogens with zero attached hydrogens (tertiary/aromatic N) is 1. The number of hydrogen-bond acceptors (Lipinski definition) is 4. The van der Waals surface area contributed by atoms with E-state index < -0.39 is 5.91 Å². The van der Waals surface area contributed by atoms with Crippen LogP contribution >= 0.6 is 22.6 Å². The molecule has 1 heterocycles. The third-order valence-electron chi connectivity index (χ3n) is 3.00. The maximum Gasteiger partial charge on any atom is 0.307 e. The molecule has 0 aliphatic rings. The average Bonchev–Trinajstić information content (AvgIpc) is 2.95. The predicted octanol–water partition coefficient (Wildman–Crippen LogP) is 3.51. The summed E-state index contributed by atoms with van der Waals surface area (Å²) >= 11 is 2.02. The van der Waals surface area contributed by atoms with E-state index in [0.29, 0.717) is 9.15 Å². The summed E-state index contributed by atoms with van der Waals surface area (Å²) in [7, 11) is 0. The van der Waals surface area contributed by atoms with Crippen molar-refractivity contribution in [3.63, 3.8) is 0 Å². The molecule has 22 heavy (non-hydrogen) atoms. The van der Waals surface area contributed by atoms with Crippen LogP contribution < -0.4 is 5.43 Å². The maximum absolute atomic E-state index is 12.0. The number of phenolic OH excluding ortho intramolecular Hbond substituents is 1. The van der Waals surface area contributed by atoms with E-state index >= 15 is 0 Å². The number of hydrogen-bond donors (Lipinski definition) is 2. The molecule has 0 aliphatic heterocycles. The highest BCUT2D eigenvalue weighted by atomic mass is 127. The highest BCUT2D eigenvalue weighted by Gasteiger charge is 2.10. The van der Waals surface area contributed by atoms with Crippen LogP contribution in [0.25, 0.3) is 11.0 Å². The molecule has 0 saturated heterocycles. The number of amides is 1. The van der Waals surface area contributed by atoms with Crippen molar-refractivity contribution < 1.29 is 14.3 Å². The van der Waals surface area contributed by atoms with Crippen LogP contribution in [0.1, 0.15) is 16.1 Å². The number of aromatic hydroxyl groups is 1. The average molecular weight is 406 g/mol. The maximum atomic E-state index is 12.0. The summed E-state index contributed by atoms with van der Waals surface area (Å²) in [5.41, 5.74) is 3.84. The fourth-order valence-electron chi connectivity index (χ4n) is 1.92. The van der Waals surface area contributed by atoms with Crippen LogP contribution in [0, 0.1) is 3.57 Å². The zero-order valence-corrected chi connectivity index (χ0v) is 13.4. The van der Waals surface area contributed by atoms with Crippen LogP contribution in [-0.4, -0.2) is 17.2 Å². The van der Waals surface area contributed by atoms with Gasteiger partial charge >= 0.3 is 5.91 Å². The van der Waals surface area contributed by atoms with Gasteiger partial charge in [0.25, 0.3) is 0 Å². The monoisotopic (exact) mass is 406 g/mol. The second-order valence-electron chi connectivity index (χ2n) is 4.56. The Balaban J connectivity index is 1.71. The minimum Gasteiger partial charge on any atom is -0.507 e. The van der Waals surface area contributed by atoms with Gasteiger partial charge < -0.3 is 9.52 Å². The molecule has 0 bridgehead atoms. The lowest BCUT2D eigenvalue weighted by atomic mass is 10.2. The molecule has 0 aliphatic carbocycles. The number of benzene rings is 2. The quantitative estimate of drug-likeness (QED) is 0.397. The van der Waals surface area contributed by atoms with Crippen molar-refractivity contribution in [1.82, 2.24) is 5.43 Å². The molecule has 2 N–H and O–H groups in total. The summed E-state index contributed by atoms with van der Waals surface area (Å²) in [6.07, 6.45) is 1.50. The minimum atomic E-state index is -0.416. The number of halogens is 1. The van der Waals surface area contributed by atoms with Gasteiger partial charge in [0.2, 0.25) is 0 Å². The normalized spacial score (nSPS) is 11.1. The molecule has 0 atom stereocenters. The van der Waals surface area contributed by atoms with Crippen molar-refractivity contribution in [3.8, 4) is 5.75 Å². The van der Waals surface area contributed by atoms with Gasteiger partial charge in [0.15, 0.2) is 5.76 Å². The van der Waals surface area contributed by atoms with E-state index in [-0.39, 0.29) is 11.5 Å². The molecule has 3 aromatic rings. The van der Waals surface area contributed by atoms with Crippen LogP contribution in [0.2, 0.25) is 0 Å². The van der Waals surface area contributed by atoms with Gasteiger partial charge in [-0.05, 0) is 58.5 Å². The molecule has 5 nitrogen and oxygen atoms in total. The molecule has 1 amide bonds. The summed E-state index contributed by atoms with van der Waals surface area (Å²) in [4.78, 5) is 12.0. The number of furan rings is 1. The first-order valence-corrected chi connectivity index (χ1v) is 7.52. The minimum absolute atomic E-state index is 0.207. The standard InChI is InChI=1S/C16H11IN2O3/c17-12-7-10(5-6-13(12)20)9-18-19-16(21)15-8-11-3-1-2-4-14(11)22-15/h1-9,20H,(H,19,21)/b18-9-. The highest BCUT2D eigenvalue weighted by molar-refractivity contribution is 14.1. The van der Waals surface area contributed by atoms with Gasteiger partial charge in [-0.1, -0.05) is 18.2 Å². The van der Waals surface area contributed by atoms with Gasteiger partial charge in [0.05, 0.1) is 9.78 Å². The third-order valence-corrected chi connectivity index (χ3v) is 3.86. The first-order chi connectivity index (χ1) is 10.6. The Labute approximate surface area is 139 Å². The van der Waals surface area contributed by atoms with Gasteiger partial charge in [-0.15, -0.1) is 0 Å². The smallest absolute Gasteiger partial charge is 0.307 e. The molecular weight excluding hydrogens is 395 g/mol. The van der Waals surface area contributed by atoms with Crippen molar-refractivity contribution in [2.24, 2.45) is 5.10 Å². The number of hydrazone groups is 1. The van der Waals surface area contributed by atoms with Gasteiger partial charge in [-0.3, -0.25) is 4.79 Å². The molecule has 0 fully saturated rings. The molecule has 2 aromatic carbocycles. The van der Waals surface area contributed by atoms with Gasteiger partial charge in [0, 0.05) is 5.39 Å². The fourth-order valence-corrected chi connectivity index (χ4v) is 2.46. The molecule has 0 saturated carbocycles. The van der Waals surface area contributed by atoms with Crippen molar-refractivity contribution in [2.75, 3.05) is 0 Å². The molecular formula is C16H11IN2O3.